The van der Waals surface area contributed by atoms with Gasteiger partial charge in [-0.3, -0.25) is 4.90 Å². The van der Waals surface area contributed by atoms with Crippen LogP contribution in [0.1, 0.15) is 38.1 Å². The smallest absolute Gasteiger partial charge is 0.123 e. The summed E-state index contributed by atoms with van der Waals surface area (Å²) in [5, 5.41) is 1.14. The molecule has 2 aromatic heterocycles. The van der Waals surface area contributed by atoms with E-state index in [0.717, 1.165) is 51.3 Å². The molecule has 0 radical (unpaired) electrons. The van der Waals surface area contributed by atoms with Crippen molar-refractivity contribution < 1.29 is 0 Å². The number of nitrogens with zero attached hydrogens (tertiary/aromatic N) is 2. The van der Waals surface area contributed by atoms with E-state index in [9.17, 15) is 0 Å². The third-order valence-corrected chi connectivity index (χ3v) is 6.85. The first-order chi connectivity index (χ1) is 14.7. The molecule has 0 bridgehead atoms. The Morgan fingerprint density at radius 1 is 1.00 bits per heavy atom. The number of nitrogens with one attached hydrogen (secondary N) is 2. The Hall–Kier alpha value is -3.05. The van der Waals surface area contributed by atoms with Crippen LogP contribution in [0.4, 0.5) is 5.69 Å². The van der Waals surface area contributed by atoms with Crippen LogP contribution in [-0.4, -0.2) is 32.4 Å². The molecule has 1 saturated heterocycles. The summed E-state index contributed by atoms with van der Waals surface area (Å²) in [5.74, 6) is 1.97. The van der Waals surface area contributed by atoms with Crippen molar-refractivity contribution in [1.82, 2.24) is 19.9 Å². The fourth-order valence-corrected chi connectivity index (χ4v) is 5.03. The van der Waals surface area contributed by atoms with Crippen LogP contribution in [0.2, 0.25) is 0 Å². The number of aromatic nitrogens is 3. The lowest BCUT2D eigenvalue weighted by atomic mass is 10.1. The van der Waals surface area contributed by atoms with E-state index >= 15 is 0 Å². The summed E-state index contributed by atoms with van der Waals surface area (Å²) in [4.78, 5) is 14.5. The maximum atomic E-state index is 5.91. The van der Waals surface area contributed by atoms with Crippen molar-refractivity contribution in [3.63, 3.8) is 0 Å². The minimum absolute atomic E-state index is 0.451. The molecule has 5 heteroatoms. The molecule has 152 valence electrons. The molecule has 3 unspecified atom stereocenters. The van der Waals surface area contributed by atoms with Gasteiger partial charge in [0.05, 0.1) is 17.9 Å². The zero-order valence-electron chi connectivity index (χ0n) is 17.2. The molecule has 5 nitrogen and oxygen atoms in total. The SMILES string of the molecule is CC1CC1N1CCCC1c1ncc(-c2ccc(-c3cc4cc(N)ccc4[nH]3)cc2)[nH]1. The predicted octanol–water partition coefficient (Wildman–Crippen LogP) is 5.35. The van der Waals surface area contributed by atoms with Crippen molar-refractivity contribution in [1.29, 1.82) is 0 Å². The molecule has 1 aliphatic heterocycles. The van der Waals surface area contributed by atoms with Crippen LogP contribution in [0.3, 0.4) is 0 Å². The highest BCUT2D eigenvalue weighted by Gasteiger charge is 2.44. The van der Waals surface area contributed by atoms with Crippen molar-refractivity contribution in [3.8, 4) is 22.5 Å². The first kappa shape index (κ1) is 17.8. The Morgan fingerprint density at radius 3 is 2.53 bits per heavy atom. The predicted molar refractivity (Wildman–Crippen MR) is 122 cm³/mol. The van der Waals surface area contributed by atoms with Crippen LogP contribution in [0.25, 0.3) is 33.4 Å². The molecule has 2 fully saturated rings. The normalized spacial score (nSPS) is 24.0. The molecule has 4 N–H and O–H groups in total. The number of hydrogen-bond acceptors (Lipinski definition) is 3. The first-order valence-electron chi connectivity index (χ1n) is 11.0. The number of aromatic amines is 2. The molecular formula is C25H27N5. The average Bonchev–Trinajstić information content (AvgIpc) is 3.22. The second-order valence-corrected chi connectivity index (χ2v) is 8.97. The Morgan fingerprint density at radius 2 is 1.77 bits per heavy atom. The topological polar surface area (TPSA) is 73.7 Å². The van der Waals surface area contributed by atoms with E-state index in [1.54, 1.807) is 0 Å². The Bertz CT molecular complexity index is 1200. The Kier molecular flexibility index (Phi) is 4.00. The minimum atomic E-state index is 0.451. The molecule has 3 atom stereocenters. The van der Waals surface area contributed by atoms with Gasteiger partial charge in [-0.2, -0.15) is 0 Å². The van der Waals surface area contributed by atoms with Gasteiger partial charge in [-0.1, -0.05) is 31.2 Å². The van der Waals surface area contributed by atoms with E-state index in [1.807, 2.05) is 24.4 Å². The monoisotopic (exact) mass is 397 g/mol. The fourth-order valence-electron chi connectivity index (χ4n) is 5.03. The van der Waals surface area contributed by atoms with Crippen LogP contribution in [0.15, 0.2) is 54.7 Å². The van der Waals surface area contributed by atoms with Gasteiger partial charge in [-0.05, 0) is 67.1 Å². The molecule has 3 heterocycles. The summed E-state index contributed by atoms with van der Waals surface area (Å²) in [6, 6.07) is 18.0. The second kappa shape index (κ2) is 6.74. The van der Waals surface area contributed by atoms with Crippen molar-refractivity contribution in [2.75, 3.05) is 12.3 Å². The van der Waals surface area contributed by atoms with Gasteiger partial charge in [-0.15, -0.1) is 0 Å². The van der Waals surface area contributed by atoms with E-state index in [2.05, 4.69) is 52.1 Å². The lowest BCUT2D eigenvalue weighted by Crippen LogP contribution is -2.27. The lowest BCUT2D eigenvalue weighted by molar-refractivity contribution is 0.230. The highest BCUT2D eigenvalue weighted by atomic mass is 15.3. The summed E-state index contributed by atoms with van der Waals surface area (Å²) < 4.78 is 0. The van der Waals surface area contributed by atoms with Gasteiger partial charge in [0, 0.05) is 28.3 Å². The molecule has 2 aromatic carbocycles. The Balaban J connectivity index is 1.24. The van der Waals surface area contributed by atoms with Gasteiger partial charge >= 0.3 is 0 Å². The molecule has 4 aromatic rings. The number of imidazole rings is 1. The number of nitrogens with two attached hydrogens (primary N) is 1. The number of fused-ring (bicyclic) bond motifs is 1. The minimum Gasteiger partial charge on any atom is -0.399 e. The zero-order chi connectivity index (χ0) is 20.2. The number of benzene rings is 2. The van der Waals surface area contributed by atoms with Crippen LogP contribution < -0.4 is 5.73 Å². The third-order valence-electron chi connectivity index (χ3n) is 6.85. The van der Waals surface area contributed by atoms with Gasteiger partial charge in [0.25, 0.3) is 0 Å². The summed E-state index contributed by atoms with van der Waals surface area (Å²) >= 11 is 0. The number of anilines is 1. The van der Waals surface area contributed by atoms with E-state index < -0.39 is 0 Å². The maximum absolute atomic E-state index is 5.91. The third kappa shape index (κ3) is 3.01. The molecule has 1 saturated carbocycles. The van der Waals surface area contributed by atoms with Gasteiger partial charge in [0.1, 0.15) is 5.82 Å². The molecular weight excluding hydrogens is 370 g/mol. The average molecular weight is 398 g/mol. The van der Waals surface area contributed by atoms with Crippen molar-refractivity contribution >= 4 is 16.6 Å². The number of rotatable bonds is 4. The van der Waals surface area contributed by atoms with Crippen molar-refractivity contribution in [2.45, 2.75) is 38.3 Å². The van der Waals surface area contributed by atoms with Crippen LogP contribution in [-0.2, 0) is 0 Å². The fraction of sp³-hybridized carbons (Fsp3) is 0.320. The maximum Gasteiger partial charge on any atom is 0.123 e. The highest BCUT2D eigenvalue weighted by Crippen LogP contribution is 2.44. The van der Waals surface area contributed by atoms with Crippen LogP contribution in [0.5, 0.6) is 0 Å². The molecule has 6 rings (SSSR count). The van der Waals surface area contributed by atoms with E-state index in [0.29, 0.717) is 6.04 Å². The van der Waals surface area contributed by atoms with Gasteiger partial charge in [-0.25, -0.2) is 4.98 Å². The first-order valence-corrected chi connectivity index (χ1v) is 11.0. The molecule has 30 heavy (non-hydrogen) atoms. The highest BCUT2D eigenvalue weighted by molar-refractivity contribution is 5.88. The van der Waals surface area contributed by atoms with Crippen molar-refractivity contribution in [2.24, 2.45) is 5.92 Å². The number of hydrogen-bond donors (Lipinski definition) is 3. The van der Waals surface area contributed by atoms with E-state index in [-0.39, 0.29) is 0 Å². The van der Waals surface area contributed by atoms with Gasteiger partial charge in [0.15, 0.2) is 0 Å². The molecule has 0 spiro atoms. The largest absolute Gasteiger partial charge is 0.399 e. The lowest BCUT2D eigenvalue weighted by Gasteiger charge is -2.22. The quantitative estimate of drug-likeness (QED) is 0.406. The van der Waals surface area contributed by atoms with Gasteiger partial charge < -0.3 is 15.7 Å². The molecule has 2 aliphatic rings. The van der Waals surface area contributed by atoms with E-state index in [4.69, 9.17) is 10.7 Å². The number of H-pyrrole nitrogens is 2. The number of nitrogen functional groups attached to an aromatic ring is 1. The van der Waals surface area contributed by atoms with Crippen molar-refractivity contribution in [3.05, 3.63) is 60.6 Å². The summed E-state index contributed by atoms with van der Waals surface area (Å²) in [5.41, 5.74) is 12.3. The number of likely N-dealkylation sites (tertiary alicyclic amines) is 1. The molecule has 1 aliphatic carbocycles. The standard InChI is InChI=1S/C25H27N5/c1-15-11-24(15)30-10-2-3-23(30)25-27-14-22(29-25)17-6-4-16(5-7-17)21-13-18-12-19(26)8-9-20(18)28-21/h4-9,12-15,23-24,28H,2-3,10-11,26H2,1H3,(H,27,29). The van der Waals surface area contributed by atoms with Gasteiger partial charge in [0.2, 0.25) is 0 Å². The second-order valence-electron chi connectivity index (χ2n) is 8.97. The van der Waals surface area contributed by atoms with E-state index in [1.165, 1.54) is 31.4 Å². The van der Waals surface area contributed by atoms with Crippen LogP contribution in [0, 0.1) is 5.92 Å². The molecule has 0 amide bonds. The van der Waals surface area contributed by atoms with Crippen LogP contribution >= 0.6 is 0 Å². The summed E-state index contributed by atoms with van der Waals surface area (Å²) in [6.07, 6.45) is 5.81. The summed E-state index contributed by atoms with van der Waals surface area (Å²) in [7, 11) is 0. The Labute approximate surface area is 176 Å². The summed E-state index contributed by atoms with van der Waals surface area (Å²) in [6.45, 7) is 3.57. The zero-order valence-corrected chi connectivity index (χ0v) is 17.2.